The highest BCUT2D eigenvalue weighted by molar-refractivity contribution is 8.01. The van der Waals surface area contributed by atoms with Gasteiger partial charge in [0.15, 0.2) is 0 Å². The monoisotopic (exact) mass is 243 g/mol. The van der Waals surface area contributed by atoms with Crippen molar-refractivity contribution in [1.29, 1.82) is 0 Å². The number of rotatable bonds is 13. The molecule has 0 atom stereocenters. The summed E-state index contributed by atoms with van der Waals surface area (Å²) in [5, 5.41) is 0. The fourth-order valence-corrected chi connectivity index (χ4v) is 2.66. The van der Waals surface area contributed by atoms with Crippen LogP contribution in [-0.2, 0) is 0 Å². The van der Waals surface area contributed by atoms with Gasteiger partial charge in [-0.1, -0.05) is 71.6 Å². The van der Waals surface area contributed by atoms with Gasteiger partial charge >= 0.3 is 0 Å². The van der Waals surface area contributed by atoms with Crippen molar-refractivity contribution in [2.75, 3.05) is 5.75 Å². The van der Waals surface area contributed by atoms with Gasteiger partial charge in [-0.2, -0.15) is 11.8 Å². The van der Waals surface area contributed by atoms with Crippen molar-refractivity contribution in [3.8, 4) is 0 Å². The molecule has 0 spiro atoms. The molecule has 0 bridgehead atoms. The molecule has 1 heteroatoms. The lowest BCUT2D eigenvalue weighted by Crippen LogP contribution is -1.82. The number of thioether (sulfide) groups is 1. The first-order valence-corrected chi connectivity index (χ1v) is 8.40. The van der Waals surface area contributed by atoms with Crippen LogP contribution in [0.2, 0.25) is 0 Å². The molecule has 97 valence electrons. The maximum atomic E-state index is 2.44. The molecule has 0 aliphatic carbocycles. The molecule has 0 aromatic rings. The molecule has 16 heavy (non-hydrogen) atoms. The Morgan fingerprint density at radius 3 is 1.94 bits per heavy atom. The smallest absolute Gasteiger partial charge is 0.0166 e. The van der Waals surface area contributed by atoms with Crippen LogP contribution in [0.4, 0.5) is 0 Å². The molecule has 0 nitrogen and oxygen atoms in total. The molecule has 0 unspecified atom stereocenters. The van der Waals surface area contributed by atoms with E-state index < -0.39 is 0 Å². The summed E-state index contributed by atoms with van der Waals surface area (Å²) in [5.74, 6) is 3.78. The number of hydrogen-bond acceptors (Lipinski definition) is 1. The Balaban J connectivity index is 2.83. The minimum atomic E-state index is 1.32. The average Bonchev–Trinajstić information content (AvgIpc) is 2.31. The zero-order chi connectivity index (χ0) is 11.9. The largest absolute Gasteiger partial charge is 0.157 e. The van der Waals surface area contributed by atoms with Crippen molar-refractivity contribution in [2.24, 2.45) is 0 Å². The Hall–Kier alpha value is 0.350. The molecule has 0 amide bonds. The Morgan fingerprint density at radius 1 is 0.688 bits per heavy atom. The van der Waals surface area contributed by atoms with E-state index in [1.54, 1.807) is 0 Å². The van der Waals surface area contributed by atoms with Crippen molar-refractivity contribution in [3.05, 3.63) is 5.75 Å². The Morgan fingerprint density at radius 2 is 1.25 bits per heavy atom. The maximum Gasteiger partial charge on any atom is 0.0166 e. The van der Waals surface area contributed by atoms with Crippen molar-refractivity contribution >= 4 is 11.8 Å². The van der Waals surface area contributed by atoms with Gasteiger partial charge < -0.3 is 0 Å². The van der Waals surface area contributed by atoms with Crippen LogP contribution in [0, 0.1) is 5.75 Å². The molecule has 0 aliphatic heterocycles. The fraction of sp³-hybridized carbons (Fsp3) is 0.933. The van der Waals surface area contributed by atoms with Gasteiger partial charge in [0.1, 0.15) is 0 Å². The van der Waals surface area contributed by atoms with Gasteiger partial charge in [0.2, 0.25) is 0 Å². The zero-order valence-corrected chi connectivity index (χ0v) is 12.3. The Bertz CT molecular complexity index is 98.0. The third-order valence-electron chi connectivity index (χ3n) is 2.91. The van der Waals surface area contributed by atoms with E-state index in [0.717, 1.165) is 0 Å². The first kappa shape index (κ1) is 16.4. The summed E-state index contributed by atoms with van der Waals surface area (Å²) < 4.78 is 0. The molecule has 0 heterocycles. The number of unbranched alkanes of at least 4 members (excludes halogenated alkanes) is 9. The second-order valence-corrected chi connectivity index (χ2v) is 5.73. The van der Waals surface area contributed by atoms with Crippen molar-refractivity contribution in [2.45, 2.75) is 84.5 Å². The van der Waals surface area contributed by atoms with Crippen molar-refractivity contribution in [1.82, 2.24) is 0 Å². The van der Waals surface area contributed by atoms with Gasteiger partial charge in [-0.3, -0.25) is 0 Å². The normalized spacial score (nSPS) is 10.9. The first-order chi connectivity index (χ1) is 7.91. The molecule has 0 N–H and O–H groups in total. The van der Waals surface area contributed by atoms with Crippen LogP contribution < -0.4 is 0 Å². The van der Waals surface area contributed by atoms with Crippen LogP contribution in [0.5, 0.6) is 0 Å². The molecule has 0 aromatic heterocycles. The second kappa shape index (κ2) is 15.4. The van der Waals surface area contributed by atoms with E-state index in [2.05, 4.69) is 19.6 Å². The summed E-state index contributed by atoms with van der Waals surface area (Å²) in [6.45, 7) is 4.56. The molecule has 0 aromatic carbocycles. The Labute approximate surface area is 108 Å². The third kappa shape index (κ3) is 14.4. The van der Waals surface area contributed by atoms with Gasteiger partial charge in [-0.25, -0.2) is 0 Å². The molecule has 0 aliphatic rings. The standard InChI is InChI=1S/C15H31S/c1-3-5-7-9-10-11-13-15-16-14-12-8-6-4-2/h15H,3-14H2,1-2H3. The predicted molar refractivity (Wildman–Crippen MR) is 78.9 cm³/mol. The van der Waals surface area contributed by atoms with E-state index in [0.29, 0.717) is 0 Å². The second-order valence-electron chi connectivity index (χ2n) is 4.65. The van der Waals surface area contributed by atoms with E-state index in [1.807, 2.05) is 11.8 Å². The van der Waals surface area contributed by atoms with Crippen LogP contribution >= 0.6 is 11.8 Å². The molecule has 1 radical (unpaired) electrons. The average molecular weight is 243 g/mol. The number of hydrogen-bond donors (Lipinski definition) is 0. The first-order valence-electron chi connectivity index (χ1n) is 7.35. The zero-order valence-electron chi connectivity index (χ0n) is 11.5. The summed E-state index contributed by atoms with van der Waals surface area (Å²) in [6.07, 6.45) is 15.5. The quantitative estimate of drug-likeness (QED) is 0.346. The lowest BCUT2D eigenvalue weighted by atomic mass is 10.1. The molecular formula is C15H31S. The summed E-state index contributed by atoms with van der Waals surface area (Å²) in [6, 6.07) is 0. The van der Waals surface area contributed by atoms with Gasteiger partial charge in [-0.05, 0) is 18.6 Å². The SMILES string of the molecule is CCCCCCCC[CH]SCCCCCC. The van der Waals surface area contributed by atoms with Crippen LogP contribution in [0.3, 0.4) is 0 Å². The van der Waals surface area contributed by atoms with E-state index in [9.17, 15) is 0 Å². The van der Waals surface area contributed by atoms with Gasteiger partial charge in [0.05, 0.1) is 0 Å². The van der Waals surface area contributed by atoms with Crippen LogP contribution in [-0.4, -0.2) is 5.75 Å². The van der Waals surface area contributed by atoms with Crippen molar-refractivity contribution < 1.29 is 0 Å². The lowest BCUT2D eigenvalue weighted by Gasteiger charge is -2.02. The van der Waals surface area contributed by atoms with E-state index in [4.69, 9.17) is 0 Å². The lowest BCUT2D eigenvalue weighted by molar-refractivity contribution is 0.609. The molecule has 0 saturated carbocycles. The molecule has 0 fully saturated rings. The van der Waals surface area contributed by atoms with Crippen LogP contribution in [0.15, 0.2) is 0 Å². The minimum absolute atomic E-state index is 1.32. The molecular weight excluding hydrogens is 212 g/mol. The minimum Gasteiger partial charge on any atom is -0.157 e. The molecule has 0 saturated heterocycles. The van der Waals surface area contributed by atoms with E-state index in [-0.39, 0.29) is 0 Å². The summed E-state index contributed by atoms with van der Waals surface area (Å²) in [4.78, 5) is 0. The van der Waals surface area contributed by atoms with Crippen LogP contribution in [0.1, 0.15) is 84.5 Å². The summed E-state index contributed by atoms with van der Waals surface area (Å²) >= 11 is 2.05. The summed E-state index contributed by atoms with van der Waals surface area (Å²) in [5.41, 5.74) is 0. The van der Waals surface area contributed by atoms with Gasteiger partial charge in [0.25, 0.3) is 0 Å². The highest BCUT2D eigenvalue weighted by atomic mass is 32.2. The van der Waals surface area contributed by atoms with E-state index in [1.165, 1.54) is 76.4 Å². The topological polar surface area (TPSA) is 0 Å². The van der Waals surface area contributed by atoms with Crippen molar-refractivity contribution in [3.63, 3.8) is 0 Å². The highest BCUT2D eigenvalue weighted by Gasteiger charge is 1.93. The molecule has 0 rings (SSSR count). The van der Waals surface area contributed by atoms with Gasteiger partial charge in [0, 0.05) is 5.75 Å². The fourth-order valence-electron chi connectivity index (χ4n) is 1.79. The predicted octanol–water partition coefficient (Wildman–Crippen LogP) is 6.21. The van der Waals surface area contributed by atoms with E-state index >= 15 is 0 Å². The highest BCUT2D eigenvalue weighted by Crippen LogP contribution is 2.16. The Kier molecular flexibility index (Phi) is 15.7. The maximum absolute atomic E-state index is 2.44. The summed E-state index contributed by atoms with van der Waals surface area (Å²) in [7, 11) is 0. The van der Waals surface area contributed by atoms with Crippen LogP contribution in [0.25, 0.3) is 0 Å². The van der Waals surface area contributed by atoms with Gasteiger partial charge in [-0.15, -0.1) is 0 Å². The third-order valence-corrected chi connectivity index (χ3v) is 3.90.